The van der Waals surface area contributed by atoms with Gasteiger partial charge in [0.15, 0.2) is 6.10 Å². The highest BCUT2D eigenvalue weighted by Crippen LogP contribution is 2.39. The average molecular weight is 483 g/mol. The number of hydrogen-bond donors (Lipinski definition) is 1. The van der Waals surface area contributed by atoms with E-state index in [0.717, 1.165) is 55.3 Å². The first-order valence-corrected chi connectivity index (χ1v) is 13.1. The summed E-state index contributed by atoms with van der Waals surface area (Å²) in [5.74, 6) is 0.888. The zero-order valence-corrected chi connectivity index (χ0v) is 20.9. The number of amides is 2. The van der Waals surface area contributed by atoms with Gasteiger partial charge in [0.2, 0.25) is 5.91 Å². The second kappa shape index (κ2) is 11.0. The van der Waals surface area contributed by atoms with Gasteiger partial charge in [0.1, 0.15) is 5.75 Å². The Hall–Kier alpha value is -3.60. The maximum Gasteiger partial charge on any atom is 0.261 e. The largest absolute Gasteiger partial charge is 0.481 e. The monoisotopic (exact) mass is 482 g/mol. The van der Waals surface area contributed by atoms with Gasteiger partial charge >= 0.3 is 0 Å². The van der Waals surface area contributed by atoms with Crippen LogP contribution in [0.3, 0.4) is 0 Å². The van der Waals surface area contributed by atoms with Crippen molar-refractivity contribution in [3.63, 3.8) is 0 Å². The molecule has 0 bridgehead atoms. The van der Waals surface area contributed by atoms with Crippen molar-refractivity contribution in [2.24, 2.45) is 5.92 Å². The van der Waals surface area contributed by atoms with Crippen LogP contribution in [0.2, 0.25) is 0 Å². The van der Waals surface area contributed by atoms with Crippen LogP contribution in [0.1, 0.15) is 60.9 Å². The maximum absolute atomic E-state index is 13.6. The standard InChI is InChI=1S/C31H34N2O3/c1-22(30(34)32-21-23-10-4-2-5-11-23)36-27-17-16-24-18-19-33(31(35)26-14-8-9-15-26)29(28(24)20-27)25-12-6-3-7-13-25/h2-7,10-13,16-17,20,22,26,29H,8-9,14-15,18-19,21H2,1H3,(H,32,34)/t22-,29-/m0/s1. The molecule has 1 aliphatic heterocycles. The normalized spacial score (nSPS) is 18.4. The summed E-state index contributed by atoms with van der Waals surface area (Å²) in [5, 5.41) is 2.95. The molecule has 5 nitrogen and oxygen atoms in total. The molecule has 1 heterocycles. The van der Waals surface area contributed by atoms with Gasteiger partial charge in [0.25, 0.3) is 5.91 Å². The predicted molar refractivity (Wildman–Crippen MR) is 140 cm³/mol. The molecule has 1 aliphatic carbocycles. The number of fused-ring (bicyclic) bond motifs is 1. The van der Waals surface area contributed by atoms with E-state index in [-0.39, 0.29) is 23.8 Å². The molecule has 2 atom stereocenters. The number of rotatable bonds is 7. The molecular formula is C31H34N2O3. The Balaban J connectivity index is 1.36. The van der Waals surface area contributed by atoms with E-state index in [4.69, 9.17) is 4.74 Å². The highest BCUT2D eigenvalue weighted by atomic mass is 16.5. The van der Waals surface area contributed by atoms with Crippen LogP contribution in [0.4, 0.5) is 0 Å². The Labute approximate surface area is 213 Å². The highest BCUT2D eigenvalue weighted by Gasteiger charge is 2.36. The van der Waals surface area contributed by atoms with Crippen LogP contribution in [-0.2, 0) is 22.6 Å². The van der Waals surface area contributed by atoms with Gasteiger partial charge in [-0.05, 0) is 60.6 Å². The quantitative estimate of drug-likeness (QED) is 0.488. The minimum atomic E-state index is -0.637. The van der Waals surface area contributed by atoms with Crippen LogP contribution >= 0.6 is 0 Å². The third-order valence-electron chi connectivity index (χ3n) is 7.44. The lowest BCUT2D eigenvalue weighted by atomic mass is 9.87. The van der Waals surface area contributed by atoms with E-state index in [0.29, 0.717) is 12.3 Å². The predicted octanol–water partition coefficient (Wildman–Crippen LogP) is 5.43. The van der Waals surface area contributed by atoms with Gasteiger partial charge in [0, 0.05) is 19.0 Å². The fraction of sp³-hybridized carbons (Fsp3) is 0.355. The summed E-state index contributed by atoms with van der Waals surface area (Å²) in [6.07, 6.45) is 4.44. The summed E-state index contributed by atoms with van der Waals surface area (Å²) in [6.45, 7) is 2.96. The van der Waals surface area contributed by atoms with Crippen molar-refractivity contribution in [3.8, 4) is 5.75 Å². The maximum atomic E-state index is 13.6. The van der Waals surface area contributed by atoms with E-state index in [1.54, 1.807) is 6.92 Å². The Morgan fingerprint density at radius 1 is 0.972 bits per heavy atom. The number of nitrogens with zero attached hydrogens (tertiary/aromatic N) is 1. The Bertz CT molecular complexity index is 1190. The molecule has 1 N–H and O–H groups in total. The third kappa shape index (κ3) is 5.30. The van der Waals surface area contributed by atoms with Gasteiger partial charge < -0.3 is 15.0 Å². The zero-order valence-electron chi connectivity index (χ0n) is 20.9. The SMILES string of the molecule is C[C@H](Oc1ccc2c(c1)[C@H](c1ccccc1)N(C(=O)C1CCCC1)CC2)C(=O)NCc1ccccc1. The first-order chi connectivity index (χ1) is 17.6. The third-order valence-corrected chi connectivity index (χ3v) is 7.44. The molecule has 1 fully saturated rings. The van der Waals surface area contributed by atoms with E-state index in [2.05, 4.69) is 28.4 Å². The van der Waals surface area contributed by atoms with Gasteiger partial charge in [0.05, 0.1) is 6.04 Å². The van der Waals surface area contributed by atoms with Crippen molar-refractivity contribution in [1.82, 2.24) is 10.2 Å². The van der Waals surface area contributed by atoms with Crippen molar-refractivity contribution in [1.29, 1.82) is 0 Å². The number of benzene rings is 3. The average Bonchev–Trinajstić information content (AvgIpc) is 3.47. The minimum absolute atomic E-state index is 0.130. The molecule has 186 valence electrons. The summed E-state index contributed by atoms with van der Waals surface area (Å²) in [7, 11) is 0. The van der Waals surface area contributed by atoms with Crippen LogP contribution < -0.4 is 10.1 Å². The molecule has 0 aromatic heterocycles. The van der Waals surface area contributed by atoms with Gasteiger partial charge in [-0.15, -0.1) is 0 Å². The first-order valence-electron chi connectivity index (χ1n) is 13.1. The Morgan fingerprint density at radius 3 is 2.39 bits per heavy atom. The van der Waals surface area contributed by atoms with Crippen molar-refractivity contribution in [2.45, 2.75) is 57.7 Å². The highest BCUT2D eigenvalue weighted by molar-refractivity contribution is 5.81. The zero-order chi connectivity index (χ0) is 24.9. The summed E-state index contributed by atoms with van der Waals surface area (Å²) in [6, 6.07) is 26.0. The molecule has 36 heavy (non-hydrogen) atoms. The van der Waals surface area contributed by atoms with Gasteiger partial charge in [-0.1, -0.05) is 79.6 Å². The summed E-state index contributed by atoms with van der Waals surface area (Å²) in [4.78, 5) is 28.3. The molecule has 0 saturated heterocycles. The molecular weight excluding hydrogens is 448 g/mol. The summed E-state index contributed by atoms with van der Waals surface area (Å²) < 4.78 is 6.09. The summed E-state index contributed by atoms with van der Waals surface area (Å²) in [5.41, 5.74) is 4.47. The Kier molecular flexibility index (Phi) is 7.36. The minimum Gasteiger partial charge on any atom is -0.481 e. The summed E-state index contributed by atoms with van der Waals surface area (Å²) >= 11 is 0. The second-order valence-corrected chi connectivity index (χ2v) is 9.90. The lowest BCUT2D eigenvalue weighted by molar-refractivity contribution is -0.137. The van der Waals surface area contributed by atoms with E-state index < -0.39 is 6.10 Å². The van der Waals surface area contributed by atoms with Crippen LogP contribution in [0, 0.1) is 5.92 Å². The van der Waals surface area contributed by atoms with Gasteiger partial charge in [-0.2, -0.15) is 0 Å². The molecule has 0 unspecified atom stereocenters. The molecule has 1 saturated carbocycles. The topological polar surface area (TPSA) is 58.6 Å². The van der Waals surface area contributed by atoms with Crippen LogP contribution in [-0.4, -0.2) is 29.4 Å². The smallest absolute Gasteiger partial charge is 0.261 e. The molecule has 3 aromatic carbocycles. The fourth-order valence-electron chi connectivity index (χ4n) is 5.49. The number of nitrogens with one attached hydrogen (secondary N) is 1. The first kappa shape index (κ1) is 24.1. The van der Waals surface area contributed by atoms with Crippen LogP contribution in [0.25, 0.3) is 0 Å². The van der Waals surface area contributed by atoms with Crippen LogP contribution in [0.15, 0.2) is 78.9 Å². The second-order valence-electron chi connectivity index (χ2n) is 9.90. The number of carbonyl (C=O) groups is 2. The number of hydrogen-bond acceptors (Lipinski definition) is 3. The molecule has 5 rings (SSSR count). The number of carbonyl (C=O) groups excluding carboxylic acids is 2. The van der Waals surface area contributed by atoms with E-state index in [1.807, 2.05) is 60.7 Å². The molecule has 0 radical (unpaired) electrons. The van der Waals surface area contributed by atoms with Crippen LogP contribution in [0.5, 0.6) is 5.75 Å². The lowest BCUT2D eigenvalue weighted by Gasteiger charge is -2.39. The molecule has 2 amide bonds. The van der Waals surface area contributed by atoms with E-state index in [9.17, 15) is 9.59 Å². The fourth-order valence-corrected chi connectivity index (χ4v) is 5.49. The van der Waals surface area contributed by atoms with Gasteiger partial charge in [-0.25, -0.2) is 0 Å². The molecule has 0 spiro atoms. The van der Waals surface area contributed by atoms with Crippen molar-refractivity contribution in [3.05, 3.63) is 101 Å². The van der Waals surface area contributed by atoms with Crippen molar-refractivity contribution < 1.29 is 14.3 Å². The van der Waals surface area contributed by atoms with Crippen molar-refractivity contribution >= 4 is 11.8 Å². The van der Waals surface area contributed by atoms with Gasteiger partial charge in [-0.3, -0.25) is 9.59 Å². The van der Waals surface area contributed by atoms with E-state index in [1.165, 1.54) is 5.56 Å². The Morgan fingerprint density at radius 2 is 1.67 bits per heavy atom. The molecule has 3 aromatic rings. The molecule has 2 aliphatic rings. The van der Waals surface area contributed by atoms with E-state index >= 15 is 0 Å². The number of ether oxygens (including phenoxy) is 1. The van der Waals surface area contributed by atoms with Crippen molar-refractivity contribution in [2.75, 3.05) is 6.54 Å². The lowest BCUT2D eigenvalue weighted by Crippen LogP contribution is -2.43. The molecule has 5 heteroatoms.